The average Bonchev–Trinajstić information content (AvgIpc) is 2.84. The molecule has 0 aliphatic carbocycles. The average molecular weight is 285 g/mol. The number of aliphatic hydroxyl groups excluding tert-OH is 1. The van der Waals surface area contributed by atoms with Gasteiger partial charge in [0.15, 0.2) is 0 Å². The van der Waals surface area contributed by atoms with Crippen LogP contribution in [0.15, 0.2) is 12.4 Å². The lowest BCUT2D eigenvalue weighted by Gasteiger charge is -2.16. The van der Waals surface area contributed by atoms with Gasteiger partial charge in [-0.2, -0.15) is 5.10 Å². The number of hydrogen-bond acceptors (Lipinski definition) is 6. The standard InChI is InChI=1S/C11H19N5O4/c1-3-12-11(18)8(2)13-5-10(17)7-15-6-9(4-14-15)16(19)20/h4,6,8,10,13,17H,3,5,7H2,1-2H3,(H,12,18). The number of carbonyl (C=O) groups is 1. The number of carbonyl (C=O) groups excluding carboxylic acids is 1. The molecule has 0 saturated heterocycles. The molecule has 9 nitrogen and oxygen atoms in total. The quantitative estimate of drug-likeness (QED) is 0.427. The van der Waals surface area contributed by atoms with Crippen LogP contribution in [0.4, 0.5) is 5.69 Å². The molecule has 0 aliphatic rings. The summed E-state index contributed by atoms with van der Waals surface area (Å²) in [7, 11) is 0. The summed E-state index contributed by atoms with van der Waals surface area (Å²) in [5.74, 6) is -0.144. The van der Waals surface area contributed by atoms with Crippen molar-refractivity contribution in [2.45, 2.75) is 32.5 Å². The van der Waals surface area contributed by atoms with Gasteiger partial charge in [-0.1, -0.05) is 0 Å². The maximum atomic E-state index is 11.4. The highest BCUT2D eigenvalue weighted by atomic mass is 16.6. The van der Waals surface area contributed by atoms with Crippen molar-refractivity contribution in [3.8, 4) is 0 Å². The largest absolute Gasteiger partial charge is 0.390 e. The first-order valence-corrected chi connectivity index (χ1v) is 6.30. The Morgan fingerprint density at radius 1 is 1.65 bits per heavy atom. The Bertz CT molecular complexity index is 461. The van der Waals surface area contributed by atoms with E-state index in [0.29, 0.717) is 6.54 Å². The Kier molecular flexibility index (Phi) is 6.07. The molecule has 1 rings (SSSR count). The van der Waals surface area contributed by atoms with Gasteiger partial charge in [-0.25, -0.2) is 0 Å². The van der Waals surface area contributed by atoms with Crippen molar-refractivity contribution < 1.29 is 14.8 Å². The molecule has 1 aromatic rings. The predicted octanol–water partition coefficient (Wildman–Crippen LogP) is -0.734. The molecule has 112 valence electrons. The first-order chi connectivity index (χ1) is 9.43. The summed E-state index contributed by atoms with van der Waals surface area (Å²) in [6.07, 6.45) is 1.57. The Morgan fingerprint density at radius 2 is 2.35 bits per heavy atom. The minimum absolute atomic E-state index is 0.114. The van der Waals surface area contributed by atoms with Gasteiger partial charge in [-0.05, 0) is 13.8 Å². The number of nitro groups is 1. The van der Waals surface area contributed by atoms with E-state index in [9.17, 15) is 20.0 Å². The lowest BCUT2D eigenvalue weighted by atomic mass is 10.2. The number of rotatable bonds is 8. The Hall–Kier alpha value is -2.00. The van der Waals surface area contributed by atoms with Gasteiger partial charge in [0.2, 0.25) is 5.91 Å². The van der Waals surface area contributed by atoms with E-state index < -0.39 is 17.1 Å². The molecule has 0 aliphatic heterocycles. The van der Waals surface area contributed by atoms with Gasteiger partial charge in [-0.3, -0.25) is 19.6 Å². The van der Waals surface area contributed by atoms with Crippen LogP contribution in [-0.2, 0) is 11.3 Å². The van der Waals surface area contributed by atoms with Gasteiger partial charge in [0.25, 0.3) is 0 Å². The Balaban J connectivity index is 2.37. The van der Waals surface area contributed by atoms with Gasteiger partial charge >= 0.3 is 5.69 Å². The maximum Gasteiger partial charge on any atom is 0.306 e. The Morgan fingerprint density at radius 3 is 2.90 bits per heavy atom. The Labute approximate surface area is 116 Å². The summed E-state index contributed by atoms with van der Waals surface area (Å²) in [5, 5.41) is 29.6. The third-order valence-electron chi connectivity index (χ3n) is 2.63. The molecule has 2 unspecified atom stereocenters. The van der Waals surface area contributed by atoms with E-state index in [1.54, 1.807) is 6.92 Å². The van der Waals surface area contributed by atoms with E-state index in [0.717, 1.165) is 6.20 Å². The topological polar surface area (TPSA) is 122 Å². The summed E-state index contributed by atoms with van der Waals surface area (Å²) in [6, 6.07) is -0.420. The van der Waals surface area contributed by atoms with Crippen molar-refractivity contribution in [3.05, 3.63) is 22.5 Å². The summed E-state index contributed by atoms with van der Waals surface area (Å²) >= 11 is 0. The molecule has 0 saturated carbocycles. The third kappa shape index (κ3) is 4.94. The molecule has 2 atom stereocenters. The second kappa shape index (κ2) is 7.56. The van der Waals surface area contributed by atoms with E-state index in [-0.39, 0.29) is 24.7 Å². The monoisotopic (exact) mass is 285 g/mol. The lowest BCUT2D eigenvalue weighted by molar-refractivity contribution is -0.385. The molecule has 0 fully saturated rings. The first-order valence-electron chi connectivity index (χ1n) is 6.30. The minimum atomic E-state index is -0.800. The van der Waals surface area contributed by atoms with Crippen molar-refractivity contribution >= 4 is 11.6 Å². The van der Waals surface area contributed by atoms with Crippen LogP contribution in [0.3, 0.4) is 0 Å². The number of nitrogens with zero attached hydrogens (tertiary/aromatic N) is 3. The van der Waals surface area contributed by atoms with Crippen LogP contribution in [0.25, 0.3) is 0 Å². The van der Waals surface area contributed by atoms with Gasteiger partial charge < -0.3 is 15.7 Å². The number of nitrogens with one attached hydrogen (secondary N) is 2. The molecule has 0 bridgehead atoms. The number of amides is 1. The molecule has 1 aromatic heterocycles. The molecule has 0 spiro atoms. The van der Waals surface area contributed by atoms with Crippen molar-refractivity contribution in [1.82, 2.24) is 20.4 Å². The maximum absolute atomic E-state index is 11.4. The second-order valence-electron chi connectivity index (χ2n) is 4.36. The fourth-order valence-electron chi connectivity index (χ4n) is 1.56. The van der Waals surface area contributed by atoms with Crippen molar-refractivity contribution in [2.24, 2.45) is 0 Å². The fourth-order valence-corrected chi connectivity index (χ4v) is 1.56. The van der Waals surface area contributed by atoms with E-state index >= 15 is 0 Å². The van der Waals surface area contributed by atoms with E-state index in [1.807, 2.05) is 6.92 Å². The predicted molar refractivity (Wildman–Crippen MR) is 71.0 cm³/mol. The summed E-state index contributed by atoms with van der Waals surface area (Å²) in [5.41, 5.74) is -0.124. The van der Waals surface area contributed by atoms with Crippen LogP contribution in [0.5, 0.6) is 0 Å². The minimum Gasteiger partial charge on any atom is -0.390 e. The number of hydrogen-bond donors (Lipinski definition) is 3. The highest BCUT2D eigenvalue weighted by molar-refractivity contribution is 5.81. The zero-order valence-electron chi connectivity index (χ0n) is 11.4. The highest BCUT2D eigenvalue weighted by Crippen LogP contribution is 2.07. The molecule has 20 heavy (non-hydrogen) atoms. The van der Waals surface area contributed by atoms with Gasteiger partial charge in [0.05, 0.1) is 23.6 Å². The molecule has 0 aromatic carbocycles. The number of aliphatic hydroxyl groups is 1. The normalized spacial score (nSPS) is 13.8. The molecule has 1 heterocycles. The molecule has 3 N–H and O–H groups in total. The summed E-state index contributed by atoms with van der Waals surface area (Å²) < 4.78 is 1.29. The number of likely N-dealkylation sites (N-methyl/N-ethyl adjacent to an activating group) is 1. The second-order valence-corrected chi connectivity index (χ2v) is 4.36. The van der Waals surface area contributed by atoms with E-state index in [4.69, 9.17) is 0 Å². The van der Waals surface area contributed by atoms with Gasteiger partial charge in [0.1, 0.15) is 12.4 Å². The van der Waals surface area contributed by atoms with Crippen molar-refractivity contribution in [1.29, 1.82) is 0 Å². The fraction of sp³-hybridized carbons (Fsp3) is 0.636. The van der Waals surface area contributed by atoms with Crippen molar-refractivity contribution in [2.75, 3.05) is 13.1 Å². The van der Waals surface area contributed by atoms with Crippen LogP contribution in [0, 0.1) is 10.1 Å². The SMILES string of the molecule is CCNC(=O)C(C)NCC(O)Cn1cc([N+](=O)[O-])cn1. The van der Waals surface area contributed by atoms with Crippen LogP contribution < -0.4 is 10.6 Å². The number of aromatic nitrogens is 2. The summed E-state index contributed by atoms with van der Waals surface area (Å²) in [4.78, 5) is 21.4. The van der Waals surface area contributed by atoms with E-state index in [1.165, 1.54) is 10.9 Å². The molecule has 9 heteroatoms. The molecular weight excluding hydrogens is 266 g/mol. The van der Waals surface area contributed by atoms with Gasteiger partial charge in [0, 0.05) is 13.1 Å². The molecular formula is C11H19N5O4. The van der Waals surface area contributed by atoms with Crippen LogP contribution in [-0.4, -0.2) is 51.0 Å². The first kappa shape index (κ1) is 16.1. The zero-order valence-corrected chi connectivity index (χ0v) is 11.4. The highest BCUT2D eigenvalue weighted by Gasteiger charge is 2.15. The molecule has 1 amide bonds. The zero-order chi connectivity index (χ0) is 15.1. The third-order valence-corrected chi connectivity index (χ3v) is 2.63. The lowest BCUT2D eigenvalue weighted by Crippen LogP contribution is -2.45. The van der Waals surface area contributed by atoms with Crippen LogP contribution in [0.1, 0.15) is 13.8 Å². The summed E-state index contributed by atoms with van der Waals surface area (Å²) in [6.45, 7) is 4.36. The van der Waals surface area contributed by atoms with Gasteiger partial charge in [-0.15, -0.1) is 0 Å². The van der Waals surface area contributed by atoms with Crippen LogP contribution >= 0.6 is 0 Å². The van der Waals surface area contributed by atoms with Crippen LogP contribution in [0.2, 0.25) is 0 Å². The molecule has 0 radical (unpaired) electrons. The smallest absolute Gasteiger partial charge is 0.306 e. The van der Waals surface area contributed by atoms with Crippen molar-refractivity contribution in [3.63, 3.8) is 0 Å². The van der Waals surface area contributed by atoms with E-state index in [2.05, 4.69) is 15.7 Å².